The van der Waals surface area contributed by atoms with E-state index in [0.717, 1.165) is 10.0 Å². The van der Waals surface area contributed by atoms with Gasteiger partial charge in [-0.05, 0) is 18.6 Å². The van der Waals surface area contributed by atoms with E-state index in [2.05, 4.69) is 20.9 Å². The van der Waals surface area contributed by atoms with Gasteiger partial charge >= 0.3 is 0 Å². The van der Waals surface area contributed by atoms with Crippen LogP contribution in [0, 0.1) is 6.92 Å². The number of nitrogens with two attached hydrogens (primary N) is 1. The maximum Gasteiger partial charge on any atom is 0.283 e. The van der Waals surface area contributed by atoms with Crippen LogP contribution in [0.5, 0.6) is 0 Å². The average molecular weight is 230 g/mol. The quantitative estimate of drug-likeness (QED) is 0.425. The average Bonchev–Trinajstić information content (AvgIpc) is 2.08. The summed E-state index contributed by atoms with van der Waals surface area (Å²) in [6.45, 7) is 1.89. The van der Waals surface area contributed by atoms with E-state index in [1.807, 2.05) is 12.3 Å². The van der Waals surface area contributed by atoms with Crippen LogP contribution in [-0.2, 0) is 0 Å². The highest BCUT2D eigenvalue weighted by Gasteiger charge is 2.05. The molecule has 0 atom stereocenters. The molecular formula is C7H8BrN3O. The molecule has 12 heavy (non-hydrogen) atoms. The molecule has 0 fully saturated rings. The molecule has 1 amide bonds. The first-order valence-corrected chi connectivity index (χ1v) is 4.07. The maximum atomic E-state index is 11.0. The second-order valence-corrected chi connectivity index (χ2v) is 3.15. The van der Waals surface area contributed by atoms with E-state index in [1.165, 1.54) is 0 Å². The van der Waals surface area contributed by atoms with Gasteiger partial charge in [0.1, 0.15) is 5.69 Å². The molecule has 0 aliphatic heterocycles. The lowest BCUT2D eigenvalue weighted by atomic mass is 10.3. The Labute approximate surface area is 78.3 Å². The predicted octanol–water partition coefficient (Wildman–Crippen LogP) is 0.756. The zero-order valence-corrected chi connectivity index (χ0v) is 8.05. The number of hydrazine groups is 1. The van der Waals surface area contributed by atoms with Gasteiger partial charge in [0.15, 0.2) is 0 Å². The zero-order valence-electron chi connectivity index (χ0n) is 6.47. The number of nitrogens with zero attached hydrogens (tertiary/aromatic N) is 1. The fraction of sp³-hybridized carbons (Fsp3) is 0.143. The lowest BCUT2D eigenvalue weighted by Gasteiger charge is -2.00. The molecule has 5 heteroatoms. The Morgan fingerprint density at radius 1 is 1.75 bits per heavy atom. The van der Waals surface area contributed by atoms with E-state index in [1.54, 1.807) is 12.3 Å². The fourth-order valence-electron chi connectivity index (χ4n) is 0.697. The van der Waals surface area contributed by atoms with Crippen molar-refractivity contribution in [1.29, 1.82) is 0 Å². The molecule has 0 radical (unpaired) electrons. The van der Waals surface area contributed by atoms with Crippen molar-refractivity contribution in [3.05, 3.63) is 28.0 Å². The van der Waals surface area contributed by atoms with Crippen LogP contribution in [0.3, 0.4) is 0 Å². The third kappa shape index (κ3) is 1.80. The Balaban J connectivity index is 3.05. The van der Waals surface area contributed by atoms with E-state index in [4.69, 9.17) is 5.84 Å². The first-order valence-electron chi connectivity index (χ1n) is 3.28. The Morgan fingerprint density at radius 2 is 2.42 bits per heavy atom. The van der Waals surface area contributed by atoms with Crippen molar-refractivity contribution in [2.24, 2.45) is 5.84 Å². The van der Waals surface area contributed by atoms with Gasteiger partial charge in [0.2, 0.25) is 0 Å². The number of hydrogen-bond acceptors (Lipinski definition) is 3. The lowest BCUT2D eigenvalue weighted by molar-refractivity contribution is 0.0948. The van der Waals surface area contributed by atoms with Crippen LogP contribution in [0.2, 0.25) is 0 Å². The molecule has 1 aromatic heterocycles. The summed E-state index contributed by atoms with van der Waals surface area (Å²) in [6.07, 6.45) is 1.61. The van der Waals surface area contributed by atoms with E-state index in [-0.39, 0.29) is 0 Å². The Bertz CT molecular complexity index is 314. The third-order valence-electron chi connectivity index (χ3n) is 1.40. The molecule has 4 nitrogen and oxygen atoms in total. The summed E-state index contributed by atoms with van der Waals surface area (Å²) in [6, 6.07) is 1.62. The molecule has 0 spiro atoms. The predicted molar refractivity (Wildman–Crippen MR) is 48.3 cm³/mol. The van der Waals surface area contributed by atoms with Gasteiger partial charge in [0.05, 0.1) is 0 Å². The number of pyridine rings is 1. The first-order chi connectivity index (χ1) is 5.65. The van der Waals surface area contributed by atoms with Gasteiger partial charge in [-0.3, -0.25) is 15.2 Å². The summed E-state index contributed by atoms with van der Waals surface area (Å²) in [5, 5.41) is 0. The zero-order chi connectivity index (χ0) is 9.14. The van der Waals surface area contributed by atoms with Gasteiger partial charge in [-0.2, -0.15) is 0 Å². The van der Waals surface area contributed by atoms with Crippen molar-refractivity contribution in [3.63, 3.8) is 0 Å². The second-order valence-electron chi connectivity index (χ2n) is 2.29. The third-order valence-corrected chi connectivity index (χ3v) is 2.26. The number of hydrogen-bond donors (Lipinski definition) is 2. The maximum absolute atomic E-state index is 11.0. The molecule has 3 N–H and O–H groups in total. The van der Waals surface area contributed by atoms with Crippen LogP contribution >= 0.6 is 15.9 Å². The van der Waals surface area contributed by atoms with Gasteiger partial charge in [0, 0.05) is 10.7 Å². The molecule has 0 aromatic carbocycles. The van der Waals surface area contributed by atoms with Crippen LogP contribution in [-0.4, -0.2) is 10.9 Å². The highest BCUT2D eigenvalue weighted by molar-refractivity contribution is 9.10. The molecule has 1 heterocycles. The van der Waals surface area contributed by atoms with Crippen LogP contribution in [0.1, 0.15) is 16.1 Å². The van der Waals surface area contributed by atoms with Gasteiger partial charge in [-0.1, -0.05) is 15.9 Å². The second kappa shape index (κ2) is 3.64. The molecule has 0 unspecified atom stereocenters. The molecule has 1 aromatic rings. The van der Waals surface area contributed by atoms with Gasteiger partial charge < -0.3 is 0 Å². The molecular weight excluding hydrogens is 222 g/mol. The summed E-state index contributed by atoms with van der Waals surface area (Å²) in [7, 11) is 0. The van der Waals surface area contributed by atoms with Crippen molar-refractivity contribution in [2.75, 3.05) is 0 Å². The molecule has 0 bridgehead atoms. The molecule has 0 aliphatic carbocycles. The van der Waals surface area contributed by atoms with Crippen molar-refractivity contribution >= 4 is 21.8 Å². The van der Waals surface area contributed by atoms with Crippen LogP contribution in [0.15, 0.2) is 16.7 Å². The number of carbonyl (C=O) groups excluding carboxylic acids is 1. The summed E-state index contributed by atoms with van der Waals surface area (Å²) in [5.74, 6) is 4.54. The topological polar surface area (TPSA) is 68.0 Å². The van der Waals surface area contributed by atoms with E-state index >= 15 is 0 Å². The first kappa shape index (κ1) is 9.15. The summed E-state index contributed by atoms with van der Waals surface area (Å²) in [5.41, 5.74) is 3.28. The monoisotopic (exact) mass is 229 g/mol. The highest BCUT2D eigenvalue weighted by Crippen LogP contribution is 2.14. The molecule has 0 saturated carbocycles. The number of aryl methyl sites for hydroxylation is 1. The number of rotatable bonds is 1. The number of aromatic nitrogens is 1. The van der Waals surface area contributed by atoms with Gasteiger partial charge in [-0.25, -0.2) is 5.84 Å². The highest BCUT2D eigenvalue weighted by atomic mass is 79.9. The van der Waals surface area contributed by atoms with Crippen molar-refractivity contribution < 1.29 is 4.79 Å². The number of carbonyl (C=O) groups is 1. The molecule has 1 rings (SSSR count). The molecule has 0 aliphatic rings. The Kier molecular flexibility index (Phi) is 2.78. The van der Waals surface area contributed by atoms with E-state index in [0.29, 0.717) is 5.69 Å². The standard InChI is InChI=1S/C7H8BrN3O/c1-4-3-10-6(2-5(4)8)7(12)11-9/h2-3H,9H2,1H3,(H,11,12). The van der Waals surface area contributed by atoms with Gasteiger partial charge in [0.25, 0.3) is 5.91 Å². The van der Waals surface area contributed by atoms with Crippen LogP contribution < -0.4 is 11.3 Å². The number of nitrogens with one attached hydrogen (secondary N) is 1. The smallest absolute Gasteiger partial charge is 0.283 e. The van der Waals surface area contributed by atoms with Crippen molar-refractivity contribution in [2.45, 2.75) is 6.92 Å². The molecule has 0 saturated heterocycles. The van der Waals surface area contributed by atoms with Crippen LogP contribution in [0.25, 0.3) is 0 Å². The largest absolute Gasteiger partial charge is 0.289 e. The number of amides is 1. The summed E-state index contributed by atoms with van der Waals surface area (Å²) >= 11 is 3.28. The van der Waals surface area contributed by atoms with Crippen molar-refractivity contribution in [3.8, 4) is 0 Å². The van der Waals surface area contributed by atoms with E-state index < -0.39 is 5.91 Å². The minimum atomic E-state index is -0.393. The number of nitrogen functional groups attached to an aromatic ring is 1. The fourth-order valence-corrected chi connectivity index (χ4v) is 1.02. The van der Waals surface area contributed by atoms with Gasteiger partial charge in [-0.15, -0.1) is 0 Å². The summed E-state index contributed by atoms with van der Waals surface area (Å²) in [4.78, 5) is 14.8. The lowest BCUT2D eigenvalue weighted by Crippen LogP contribution is -2.30. The molecule has 64 valence electrons. The SMILES string of the molecule is Cc1cnc(C(=O)NN)cc1Br. The summed E-state index contributed by atoms with van der Waals surface area (Å²) < 4.78 is 0.844. The Hall–Kier alpha value is -0.940. The Morgan fingerprint density at radius 3 is 2.92 bits per heavy atom. The van der Waals surface area contributed by atoms with Crippen LogP contribution in [0.4, 0.5) is 0 Å². The minimum Gasteiger partial charge on any atom is -0.289 e. The van der Waals surface area contributed by atoms with E-state index in [9.17, 15) is 4.79 Å². The minimum absolute atomic E-state index is 0.301. The van der Waals surface area contributed by atoms with Crippen molar-refractivity contribution in [1.82, 2.24) is 10.4 Å². The normalized spacial score (nSPS) is 9.58. The number of halogens is 1.